The van der Waals surface area contributed by atoms with Crippen LogP contribution in [0.1, 0.15) is 18.9 Å². The molecule has 1 fully saturated rings. The number of carboxylic acids is 1. The Morgan fingerprint density at radius 2 is 1.97 bits per heavy atom. The van der Waals surface area contributed by atoms with Crippen molar-refractivity contribution in [3.8, 4) is 5.75 Å². The topological polar surface area (TPSA) is 99.3 Å². The number of carboxylic acid groups (broad SMARTS) is 1. The van der Waals surface area contributed by atoms with Gasteiger partial charge in [0.15, 0.2) is 6.21 Å². The number of hydrazone groups is 1. The molecule has 34 heavy (non-hydrogen) atoms. The largest absolute Gasteiger partial charge is 0.481 e. The SMILES string of the molecule is C[C@@H]1CN(S(=O)(=O)c2ccc(OC(F)F)cc2)CC1/C=[N+]1/N=C(CC(=O)O)c2ccc(F)cc21. The van der Waals surface area contributed by atoms with E-state index in [9.17, 15) is 26.4 Å². The average Bonchev–Trinajstić information content (AvgIpc) is 3.28. The minimum atomic E-state index is -3.90. The van der Waals surface area contributed by atoms with Gasteiger partial charge in [-0.25, -0.2) is 12.8 Å². The minimum absolute atomic E-state index is 0.0580. The molecule has 0 amide bonds. The molecule has 2 aliphatic rings. The van der Waals surface area contributed by atoms with Gasteiger partial charge in [-0.05, 0) is 42.3 Å². The van der Waals surface area contributed by atoms with Crippen LogP contribution in [0.15, 0.2) is 52.5 Å². The maximum absolute atomic E-state index is 13.9. The van der Waals surface area contributed by atoms with Crippen molar-refractivity contribution in [3.05, 3.63) is 53.8 Å². The van der Waals surface area contributed by atoms with Crippen LogP contribution in [0.4, 0.5) is 18.9 Å². The molecule has 2 aliphatic heterocycles. The standard InChI is InChI=1S/C22H20F3N3O5S/c1-13-10-27(34(31,32)17-5-3-16(4-6-17)33-22(24)25)11-14(13)12-28-20-8-15(23)2-7-18(20)19(26-28)9-21(29)30/h2-8,12-14,22H,9-11H2,1H3/p+1/b28-12+/t13-,14?/m1/s1. The quantitative estimate of drug-likeness (QED) is 0.593. The molecule has 12 heteroatoms. The number of fused-ring (bicyclic) bond motifs is 1. The molecule has 2 atom stereocenters. The lowest BCUT2D eigenvalue weighted by molar-refractivity contribution is -0.438. The summed E-state index contributed by atoms with van der Waals surface area (Å²) in [4.78, 5) is 11.1. The molecule has 0 saturated carbocycles. The zero-order chi connectivity index (χ0) is 24.6. The van der Waals surface area contributed by atoms with E-state index < -0.39 is 28.4 Å². The Morgan fingerprint density at radius 1 is 1.26 bits per heavy atom. The van der Waals surface area contributed by atoms with Gasteiger partial charge in [-0.3, -0.25) is 4.79 Å². The predicted octanol–water partition coefficient (Wildman–Crippen LogP) is 3.29. The van der Waals surface area contributed by atoms with Crippen LogP contribution in [0, 0.1) is 17.7 Å². The molecule has 0 radical (unpaired) electrons. The smallest absolute Gasteiger partial charge is 0.387 e. The third-order valence-corrected chi connectivity index (χ3v) is 7.57. The van der Waals surface area contributed by atoms with Crippen LogP contribution in [0.2, 0.25) is 0 Å². The fourth-order valence-electron chi connectivity index (χ4n) is 4.02. The normalized spacial score (nSPS) is 21.7. The molecule has 0 bridgehead atoms. The van der Waals surface area contributed by atoms with Gasteiger partial charge >= 0.3 is 12.6 Å². The Morgan fingerprint density at radius 3 is 2.62 bits per heavy atom. The van der Waals surface area contributed by atoms with Crippen LogP contribution in [0.5, 0.6) is 5.75 Å². The van der Waals surface area contributed by atoms with Crippen molar-refractivity contribution >= 4 is 33.6 Å². The summed E-state index contributed by atoms with van der Waals surface area (Å²) in [6.07, 6.45) is 1.34. The molecule has 2 aromatic rings. The molecule has 2 heterocycles. The predicted molar refractivity (Wildman–Crippen MR) is 116 cm³/mol. The van der Waals surface area contributed by atoms with E-state index in [0.717, 1.165) is 12.1 Å². The average molecular weight is 496 g/mol. The maximum atomic E-state index is 13.9. The lowest BCUT2D eigenvalue weighted by Crippen LogP contribution is -2.29. The Hall–Kier alpha value is -3.25. The molecule has 0 aromatic heterocycles. The molecule has 4 rings (SSSR count). The van der Waals surface area contributed by atoms with Gasteiger partial charge in [0.05, 0.1) is 22.8 Å². The number of halogens is 3. The zero-order valence-electron chi connectivity index (χ0n) is 17.9. The molecular formula is C22H21F3N3O5S+. The maximum Gasteiger partial charge on any atom is 0.387 e. The number of ether oxygens (including phenoxy) is 1. The molecule has 1 N–H and O–H groups in total. The van der Waals surface area contributed by atoms with Gasteiger partial charge in [0.1, 0.15) is 17.3 Å². The summed E-state index contributed by atoms with van der Waals surface area (Å²) in [7, 11) is -3.90. The van der Waals surface area contributed by atoms with E-state index in [4.69, 9.17) is 5.11 Å². The van der Waals surface area contributed by atoms with E-state index in [2.05, 4.69) is 9.84 Å². The van der Waals surface area contributed by atoms with E-state index in [0.29, 0.717) is 11.3 Å². The number of rotatable bonds is 7. The molecule has 8 nitrogen and oxygen atoms in total. The number of alkyl halides is 2. The fourth-order valence-corrected chi connectivity index (χ4v) is 5.60. The van der Waals surface area contributed by atoms with Gasteiger partial charge in [0.2, 0.25) is 15.7 Å². The van der Waals surface area contributed by atoms with E-state index in [1.807, 2.05) is 6.92 Å². The van der Waals surface area contributed by atoms with E-state index >= 15 is 0 Å². The van der Waals surface area contributed by atoms with Crippen molar-refractivity contribution in [2.45, 2.75) is 24.9 Å². The number of hydrogen-bond donors (Lipinski definition) is 1. The Labute approximate surface area is 193 Å². The van der Waals surface area contributed by atoms with Crippen molar-refractivity contribution in [2.24, 2.45) is 16.9 Å². The lowest BCUT2D eigenvalue weighted by atomic mass is 9.99. The highest BCUT2D eigenvalue weighted by Crippen LogP contribution is 2.32. The first kappa shape index (κ1) is 23.9. The van der Waals surface area contributed by atoms with Gasteiger partial charge in [-0.2, -0.15) is 13.1 Å². The van der Waals surface area contributed by atoms with Crippen LogP contribution in [-0.4, -0.2) is 60.1 Å². The number of benzene rings is 2. The van der Waals surface area contributed by atoms with Crippen LogP contribution in [0.3, 0.4) is 0 Å². The second kappa shape index (κ2) is 9.18. The summed E-state index contributed by atoms with van der Waals surface area (Å²) in [5.41, 5.74) is 1.17. The summed E-state index contributed by atoms with van der Waals surface area (Å²) in [6, 6.07) is 8.68. The zero-order valence-corrected chi connectivity index (χ0v) is 18.8. The molecule has 1 unspecified atom stereocenters. The molecule has 0 aliphatic carbocycles. The van der Waals surface area contributed by atoms with Crippen molar-refractivity contribution < 1.29 is 40.9 Å². The highest BCUT2D eigenvalue weighted by molar-refractivity contribution is 7.89. The van der Waals surface area contributed by atoms with Gasteiger partial charge < -0.3 is 9.84 Å². The Kier molecular flexibility index (Phi) is 6.45. The van der Waals surface area contributed by atoms with Crippen LogP contribution < -0.4 is 4.74 Å². The summed E-state index contributed by atoms with van der Waals surface area (Å²) in [6.45, 7) is -0.834. The molecule has 180 valence electrons. The number of sulfonamides is 1. The number of carbonyl (C=O) groups is 1. The molecule has 0 spiro atoms. The van der Waals surface area contributed by atoms with Gasteiger partial charge in [0.25, 0.3) is 0 Å². The summed E-state index contributed by atoms with van der Waals surface area (Å²) >= 11 is 0. The van der Waals surface area contributed by atoms with E-state index in [1.54, 1.807) is 6.21 Å². The van der Waals surface area contributed by atoms with Crippen molar-refractivity contribution in [2.75, 3.05) is 13.1 Å². The first-order valence-electron chi connectivity index (χ1n) is 10.3. The van der Waals surface area contributed by atoms with Crippen molar-refractivity contribution in [3.63, 3.8) is 0 Å². The second-order valence-corrected chi connectivity index (χ2v) is 10.0. The van der Waals surface area contributed by atoms with Gasteiger partial charge in [-0.1, -0.05) is 11.6 Å². The second-order valence-electron chi connectivity index (χ2n) is 8.09. The third kappa shape index (κ3) is 4.82. The van der Waals surface area contributed by atoms with Crippen LogP contribution >= 0.6 is 0 Å². The van der Waals surface area contributed by atoms with E-state index in [1.165, 1.54) is 39.3 Å². The van der Waals surface area contributed by atoms with Crippen LogP contribution in [-0.2, 0) is 14.8 Å². The summed E-state index contributed by atoms with van der Waals surface area (Å²) < 4.78 is 71.7. The van der Waals surface area contributed by atoms with Crippen molar-refractivity contribution in [1.82, 2.24) is 4.31 Å². The van der Waals surface area contributed by atoms with E-state index in [-0.39, 0.29) is 47.7 Å². The highest BCUT2D eigenvalue weighted by atomic mass is 32.2. The minimum Gasteiger partial charge on any atom is -0.481 e. The Bertz CT molecular complexity index is 1280. The number of nitrogens with zero attached hydrogens (tertiary/aromatic N) is 3. The molecule has 2 aromatic carbocycles. The van der Waals surface area contributed by atoms with Gasteiger partial charge in [0, 0.05) is 24.3 Å². The van der Waals surface area contributed by atoms with Crippen molar-refractivity contribution in [1.29, 1.82) is 0 Å². The number of aliphatic carboxylic acids is 1. The third-order valence-electron chi connectivity index (χ3n) is 5.72. The van der Waals surface area contributed by atoms with Crippen LogP contribution in [0.25, 0.3) is 0 Å². The first-order valence-corrected chi connectivity index (χ1v) is 11.8. The highest BCUT2D eigenvalue weighted by Gasteiger charge is 2.40. The monoisotopic (exact) mass is 496 g/mol. The summed E-state index contributed by atoms with van der Waals surface area (Å²) in [5.74, 6) is -2.14. The first-order chi connectivity index (χ1) is 16.0. The molecular weight excluding hydrogens is 475 g/mol. The number of hydrogen-bond acceptors (Lipinski definition) is 5. The lowest BCUT2D eigenvalue weighted by Gasteiger charge is -2.16. The molecule has 1 saturated heterocycles. The summed E-state index contributed by atoms with van der Waals surface area (Å²) in [5, 5.41) is 13.5. The fraction of sp³-hybridized carbons (Fsp3) is 0.318. The Balaban J connectivity index is 1.58. The van der Waals surface area contributed by atoms with Gasteiger partial charge in [-0.15, -0.1) is 0 Å².